The van der Waals surface area contributed by atoms with Crippen LogP contribution in [0.3, 0.4) is 0 Å². The van der Waals surface area contributed by atoms with Crippen LogP contribution >= 0.6 is 0 Å². The summed E-state index contributed by atoms with van der Waals surface area (Å²) in [5, 5.41) is 10.2. The van der Waals surface area contributed by atoms with Crippen LogP contribution in [0.25, 0.3) is 22.2 Å². The number of carbonyl (C=O) groups excluding carboxylic acids is 1. The summed E-state index contributed by atoms with van der Waals surface area (Å²) in [6.45, 7) is 1.99. The van der Waals surface area contributed by atoms with Crippen LogP contribution < -0.4 is 5.32 Å². The highest BCUT2D eigenvalue weighted by Gasteiger charge is 2.12. The van der Waals surface area contributed by atoms with E-state index < -0.39 is 17.5 Å². The lowest BCUT2D eigenvalue weighted by atomic mass is 10.1. The standard InChI is InChI=1S/C20H14F2N4O/c1-11-2-4-16-12(6-11)3-5-17(23-16)20(27)24-19-10-18(25-26-19)13-7-14(21)9-15(22)8-13/h2-10H,1H3,(H2,24,25,26,27). The van der Waals surface area contributed by atoms with E-state index >= 15 is 0 Å². The lowest BCUT2D eigenvalue weighted by molar-refractivity contribution is 0.102. The molecule has 5 nitrogen and oxygen atoms in total. The Balaban J connectivity index is 1.56. The number of aromatic amines is 1. The Labute approximate surface area is 153 Å². The second-order valence-corrected chi connectivity index (χ2v) is 6.17. The molecule has 0 fully saturated rings. The van der Waals surface area contributed by atoms with Crippen LogP contribution in [0.5, 0.6) is 0 Å². The number of anilines is 1. The third-order valence-electron chi connectivity index (χ3n) is 4.07. The van der Waals surface area contributed by atoms with Gasteiger partial charge in [0.25, 0.3) is 5.91 Å². The zero-order valence-corrected chi connectivity index (χ0v) is 14.3. The predicted molar refractivity (Wildman–Crippen MR) is 98.4 cm³/mol. The van der Waals surface area contributed by atoms with Crippen molar-refractivity contribution in [1.82, 2.24) is 15.2 Å². The molecule has 0 saturated heterocycles. The van der Waals surface area contributed by atoms with Gasteiger partial charge in [-0.3, -0.25) is 9.89 Å². The zero-order valence-electron chi connectivity index (χ0n) is 14.3. The van der Waals surface area contributed by atoms with E-state index in [0.29, 0.717) is 16.8 Å². The van der Waals surface area contributed by atoms with Crippen LogP contribution in [0.15, 0.2) is 54.6 Å². The monoisotopic (exact) mass is 364 g/mol. The van der Waals surface area contributed by atoms with Crippen molar-refractivity contribution in [2.24, 2.45) is 0 Å². The molecule has 0 aliphatic rings. The van der Waals surface area contributed by atoms with Crippen LogP contribution in [-0.4, -0.2) is 21.1 Å². The Morgan fingerprint density at radius 1 is 1.00 bits per heavy atom. The van der Waals surface area contributed by atoms with Crippen LogP contribution in [-0.2, 0) is 0 Å². The fourth-order valence-corrected chi connectivity index (χ4v) is 2.79. The van der Waals surface area contributed by atoms with Crippen LogP contribution in [0.2, 0.25) is 0 Å². The number of hydrogen-bond acceptors (Lipinski definition) is 3. The molecule has 0 radical (unpaired) electrons. The van der Waals surface area contributed by atoms with Crippen molar-refractivity contribution in [2.75, 3.05) is 5.32 Å². The van der Waals surface area contributed by atoms with E-state index in [1.807, 2.05) is 31.2 Å². The Hall–Kier alpha value is -3.61. The average Bonchev–Trinajstić information content (AvgIpc) is 3.09. The van der Waals surface area contributed by atoms with Crippen molar-refractivity contribution < 1.29 is 13.6 Å². The molecule has 1 amide bonds. The van der Waals surface area contributed by atoms with Crippen LogP contribution in [0.4, 0.5) is 14.6 Å². The molecule has 2 aromatic heterocycles. The number of nitrogens with one attached hydrogen (secondary N) is 2. The highest BCUT2D eigenvalue weighted by atomic mass is 19.1. The zero-order chi connectivity index (χ0) is 19.0. The van der Waals surface area contributed by atoms with Gasteiger partial charge in [0.05, 0.1) is 11.2 Å². The van der Waals surface area contributed by atoms with E-state index in [4.69, 9.17) is 0 Å². The number of H-pyrrole nitrogens is 1. The van der Waals surface area contributed by atoms with E-state index in [-0.39, 0.29) is 11.5 Å². The predicted octanol–water partition coefficient (Wildman–Crippen LogP) is 4.46. The molecule has 0 bridgehead atoms. The average molecular weight is 364 g/mol. The first-order valence-corrected chi connectivity index (χ1v) is 8.18. The summed E-state index contributed by atoms with van der Waals surface area (Å²) in [5.41, 5.74) is 2.74. The number of nitrogens with zero attached hydrogens (tertiary/aromatic N) is 2. The molecule has 4 rings (SSSR count). The Kier molecular flexibility index (Phi) is 4.12. The molecule has 2 N–H and O–H groups in total. The molecule has 0 unspecified atom stereocenters. The summed E-state index contributed by atoms with van der Waals surface area (Å²) in [6, 6.07) is 13.9. The molecule has 0 saturated carbocycles. The van der Waals surface area contributed by atoms with Gasteiger partial charge in [0.2, 0.25) is 0 Å². The van der Waals surface area contributed by atoms with Crippen molar-refractivity contribution in [3.05, 3.63) is 77.5 Å². The lowest BCUT2D eigenvalue weighted by Crippen LogP contribution is -2.13. The number of hydrogen-bond donors (Lipinski definition) is 2. The van der Waals surface area contributed by atoms with Crippen molar-refractivity contribution in [2.45, 2.75) is 6.92 Å². The minimum atomic E-state index is -0.694. The first kappa shape index (κ1) is 16.8. The van der Waals surface area contributed by atoms with Gasteiger partial charge in [-0.15, -0.1) is 0 Å². The van der Waals surface area contributed by atoms with E-state index in [1.54, 1.807) is 6.07 Å². The van der Waals surface area contributed by atoms with E-state index in [1.165, 1.54) is 18.2 Å². The fraction of sp³-hybridized carbons (Fsp3) is 0.0500. The molecule has 2 aromatic carbocycles. The molecule has 2 heterocycles. The summed E-state index contributed by atoms with van der Waals surface area (Å²) >= 11 is 0. The van der Waals surface area contributed by atoms with Crippen LogP contribution in [0.1, 0.15) is 16.1 Å². The minimum Gasteiger partial charge on any atom is -0.304 e. The molecular weight excluding hydrogens is 350 g/mol. The van der Waals surface area contributed by atoms with Gasteiger partial charge in [-0.05, 0) is 37.3 Å². The van der Waals surface area contributed by atoms with Gasteiger partial charge in [-0.2, -0.15) is 5.10 Å². The van der Waals surface area contributed by atoms with E-state index in [9.17, 15) is 13.6 Å². The number of aryl methyl sites for hydroxylation is 1. The first-order valence-electron chi connectivity index (χ1n) is 8.18. The highest BCUT2D eigenvalue weighted by Crippen LogP contribution is 2.22. The Morgan fingerprint density at radius 2 is 1.78 bits per heavy atom. The largest absolute Gasteiger partial charge is 0.304 e. The summed E-state index contributed by atoms with van der Waals surface area (Å²) < 4.78 is 26.7. The third kappa shape index (κ3) is 3.52. The summed E-state index contributed by atoms with van der Waals surface area (Å²) in [7, 11) is 0. The van der Waals surface area contributed by atoms with Gasteiger partial charge < -0.3 is 5.32 Å². The second-order valence-electron chi connectivity index (χ2n) is 6.17. The van der Waals surface area contributed by atoms with Gasteiger partial charge in [-0.25, -0.2) is 13.8 Å². The molecule has 0 spiro atoms. The number of pyridine rings is 1. The number of halogens is 2. The maximum atomic E-state index is 13.4. The van der Waals surface area contributed by atoms with Crippen molar-refractivity contribution in [3.63, 3.8) is 0 Å². The van der Waals surface area contributed by atoms with Gasteiger partial charge >= 0.3 is 0 Å². The molecule has 27 heavy (non-hydrogen) atoms. The topological polar surface area (TPSA) is 70.7 Å². The molecule has 134 valence electrons. The second kappa shape index (κ2) is 6.60. The van der Waals surface area contributed by atoms with Crippen molar-refractivity contribution >= 4 is 22.6 Å². The minimum absolute atomic E-state index is 0.227. The van der Waals surface area contributed by atoms with Crippen LogP contribution in [0, 0.1) is 18.6 Å². The number of aromatic nitrogens is 3. The Bertz CT molecular complexity index is 1150. The quantitative estimate of drug-likeness (QED) is 0.564. The maximum Gasteiger partial charge on any atom is 0.275 e. The lowest BCUT2D eigenvalue weighted by Gasteiger charge is -2.04. The number of carbonyl (C=O) groups is 1. The third-order valence-corrected chi connectivity index (χ3v) is 4.07. The van der Waals surface area contributed by atoms with Gasteiger partial charge in [0.15, 0.2) is 5.82 Å². The fourth-order valence-electron chi connectivity index (χ4n) is 2.79. The summed E-state index contributed by atoms with van der Waals surface area (Å²) in [6.07, 6.45) is 0. The number of benzene rings is 2. The maximum absolute atomic E-state index is 13.4. The number of rotatable bonds is 3. The van der Waals surface area contributed by atoms with E-state index in [0.717, 1.165) is 17.0 Å². The molecule has 4 aromatic rings. The number of fused-ring (bicyclic) bond motifs is 1. The molecule has 0 aliphatic heterocycles. The van der Waals surface area contributed by atoms with Gasteiger partial charge in [0, 0.05) is 23.1 Å². The van der Waals surface area contributed by atoms with Gasteiger partial charge in [0.1, 0.15) is 17.3 Å². The first-order chi connectivity index (χ1) is 13.0. The normalized spacial score (nSPS) is 10.9. The molecule has 0 aliphatic carbocycles. The van der Waals surface area contributed by atoms with Gasteiger partial charge in [-0.1, -0.05) is 17.7 Å². The van der Waals surface area contributed by atoms with E-state index in [2.05, 4.69) is 20.5 Å². The molecular formula is C20H14F2N4O. The highest BCUT2D eigenvalue weighted by molar-refractivity contribution is 6.03. The molecule has 0 atom stereocenters. The summed E-state index contributed by atoms with van der Waals surface area (Å²) in [4.78, 5) is 16.8. The number of amides is 1. The summed E-state index contributed by atoms with van der Waals surface area (Å²) in [5.74, 6) is -1.59. The molecule has 7 heteroatoms. The van der Waals surface area contributed by atoms with Crippen molar-refractivity contribution in [3.8, 4) is 11.3 Å². The smallest absolute Gasteiger partial charge is 0.275 e. The Morgan fingerprint density at radius 3 is 2.56 bits per heavy atom. The van der Waals surface area contributed by atoms with Crippen molar-refractivity contribution in [1.29, 1.82) is 0 Å². The SMILES string of the molecule is Cc1ccc2nc(C(=O)Nc3cc(-c4cc(F)cc(F)c4)[nH]n3)ccc2c1.